The largest absolute Gasteiger partial charge is 0.481 e. The first-order chi connectivity index (χ1) is 10.6. The molecule has 7 nitrogen and oxygen atoms in total. The second-order valence-electron chi connectivity index (χ2n) is 4.63. The predicted octanol–water partition coefficient (Wildman–Crippen LogP) is 1.46. The Morgan fingerprint density at radius 1 is 1.36 bits per heavy atom. The highest BCUT2D eigenvalue weighted by Crippen LogP contribution is 2.17. The van der Waals surface area contributed by atoms with Crippen molar-refractivity contribution in [2.75, 3.05) is 5.75 Å². The average Bonchev–Trinajstić information content (AvgIpc) is 2.94. The zero-order valence-electron chi connectivity index (χ0n) is 11.5. The number of carboxylic acids is 1. The SMILES string of the molecule is N=c1ncn(Cc2ccccc2)c2nc(SCC(=O)O)[nH]c12. The minimum atomic E-state index is -0.910. The van der Waals surface area contributed by atoms with Crippen molar-refractivity contribution in [3.05, 3.63) is 47.7 Å². The van der Waals surface area contributed by atoms with Gasteiger partial charge in [-0.3, -0.25) is 10.2 Å². The standard InChI is InChI=1S/C14H13N5O2S/c15-12-11-13(18-14(17-11)22-7-10(20)21)19(8-16-12)6-9-4-2-1-3-5-9/h1-5,8,15H,6-7H2,(H,17,18)(H,20,21). The van der Waals surface area contributed by atoms with Crippen molar-refractivity contribution in [3.8, 4) is 0 Å². The van der Waals surface area contributed by atoms with Crippen LogP contribution in [-0.4, -0.2) is 36.3 Å². The Kier molecular flexibility index (Phi) is 3.92. The lowest BCUT2D eigenvalue weighted by molar-refractivity contribution is -0.133. The zero-order valence-corrected chi connectivity index (χ0v) is 12.3. The van der Waals surface area contributed by atoms with Crippen LogP contribution >= 0.6 is 11.8 Å². The molecule has 8 heteroatoms. The van der Waals surface area contributed by atoms with Gasteiger partial charge in [0.25, 0.3) is 0 Å². The van der Waals surface area contributed by atoms with Crippen molar-refractivity contribution < 1.29 is 9.90 Å². The van der Waals surface area contributed by atoms with Crippen molar-refractivity contribution in [1.29, 1.82) is 5.41 Å². The number of hydrogen-bond donors (Lipinski definition) is 3. The Morgan fingerprint density at radius 3 is 2.86 bits per heavy atom. The van der Waals surface area contributed by atoms with Crippen LogP contribution in [0.25, 0.3) is 11.2 Å². The van der Waals surface area contributed by atoms with E-state index in [1.165, 1.54) is 0 Å². The van der Waals surface area contributed by atoms with Gasteiger partial charge in [-0.2, -0.15) is 0 Å². The van der Waals surface area contributed by atoms with Crippen LogP contribution in [0.2, 0.25) is 0 Å². The van der Waals surface area contributed by atoms with E-state index in [-0.39, 0.29) is 11.2 Å². The number of H-pyrrole nitrogens is 1. The molecule has 3 N–H and O–H groups in total. The second kappa shape index (κ2) is 6.02. The number of aromatic amines is 1. The van der Waals surface area contributed by atoms with Crippen LogP contribution in [0.1, 0.15) is 5.56 Å². The van der Waals surface area contributed by atoms with Crippen molar-refractivity contribution in [3.63, 3.8) is 0 Å². The summed E-state index contributed by atoms with van der Waals surface area (Å²) in [6.07, 6.45) is 1.57. The molecule has 0 radical (unpaired) electrons. The fourth-order valence-corrected chi connectivity index (χ4v) is 2.64. The van der Waals surface area contributed by atoms with Crippen LogP contribution < -0.4 is 5.49 Å². The molecule has 1 aromatic carbocycles. The van der Waals surface area contributed by atoms with E-state index in [1.807, 2.05) is 34.9 Å². The van der Waals surface area contributed by atoms with Crippen molar-refractivity contribution in [2.45, 2.75) is 11.7 Å². The number of imidazole rings is 1. The molecular weight excluding hydrogens is 302 g/mol. The molecule has 0 bridgehead atoms. The zero-order chi connectivity index (χ0) is 15.5. The number of aliphatic carboxylic acids is 1. The lowest BCUT2D eigenvalue weighted by Crippen LogP contribution is -2.13. The summed E-state index contributed by atoms with van der Waals surface area (Å²) in [6, 6.07) is 9.86. The number of nitrogens with zero attached hydrogens (tertiary/aromatic N) is 3. The molecule has 0 aliphatic rings. The first kappa shape index (κ1) is 14.3. The molecule has 0 aliphatic heterocycles. The predicted molar refractivity (Wildman–Crippen MR) is 81.6 cm³/mol. The van der Waals surface area contributed by atoms with Crippen molar-refractivity contribution in [1.82, 2.24) is 19.5 Å². The number of nitrogens with one attached hydrogen (secondary N) is 2. The van der Waals surface area contributed by atoms with Crippen LogP contribution in [0.5, 0.6) is 0 Å². The van der Waals surface area contributed by atoms with Gasteiger partial charge in [0, 0.05) is 0 Å². The van der Waals surface area contributed by atoms with E-state index in [1.54, 1.807) is 6.33 Å². The van der Waals surface area contributed by atoms with Crippen LogP contribution in [0.4, 0.5) is 0 Å². The molecule has 0 saturated carbocycles. The van der Waals surface area contributed by atoms with E-state index >= 15 is 0 Å². The van der Waals surface area contributed by atoms with E-state index in [0.717, 1.165) is 17.3 Å². The van der Waals surface area contributed by atoms with E-state index in [2.05, 4.69) is 15.0 Å². The van der Waals surface area contributed by atoms with E-state index in [0.29, 0.717) is 22.9 Å². The highest BCUT2D eigenvalue weighted by Gasteiger charge is 2.11. The van der Waals surface area contributed by atoms with Gasteiger partial charge in [-0.25, -0.2) is 9.97 Å². The average molecular weight is 315 g/mol. The Hall–Kier alpha value is -2.61. The quantitative estimate of drug-likeness (QED) is 0.618. The summed E-state index contributed by atoms with van der Waals surface area (Å²) in [5.74, 6) is -0.994. The van der Waals surface area contributed by atoms with Gasteiger partial charge in [-0.15, -0.1) is 0 Å². The number of aromatic nitrogens is 4. The lowest BCUT2D eigenvalue weighted by atomic mass is 10.2. The van der Waals surface area contributed by atoms with Crippen LogP contribution in [0.3, 0.4) is 0 Å². The smallest absolute Gasteiger partial charge is 0.313 e. The van der Waals surface area contributed by atoms with Gasteiger partial charge in [0.05, 0.1) is 18.6 Å². The number of fused-ring (bicyclic) bond motifs is 1. The monoisotopic (exact) mass is 315 g/mol. The van der Waals surface area contributed by atoms with E-state index < -0.39 is 5.97 Å². The summed E-state index contributed by atoms with van der Waals surface area (Å²) in [7, 11) is 0. The fraction of sp³-hybridized carbons (Fsp3) is 0.143. The third-order valence-corrected chi connectivity index (χ3v) is 3.88. The summed E-state index contributed by atoms with van der Waals surface area (Å²) in [5, 5.41) is 17.1. The lowest BCUT2D eigenvalue weighted by Gasteiger charge is -2.06. The molecule has 3 aromatic rings. The molecule has 0 amide bonds. The normalized spacial score (nSPS) is 10.9. The Labute approximate surface area is 129 Å². The summed E-state index contributed by atoms with van der Waals surface area (Å²) in [4.78, 5) is 22.0. The molecule has 0 spiro atoms. The number of benzene rings is 1. The first-order valence-corrected chi connectivity index (χ1v) is 7.50. The summed E-state index contributed by atoms with van der Waals surface area (Å²) in [6.45, 7) is 0.582. The molecule has 0 saturated heterocycles. The van der Waals surface area contributed by atoms with Gasteiger partial charge < -0.3 is 14.7 Å². The van der Waals surface area contributed by atoms with E-state index in [4.69, 9.17) is 10.5 Å². The molecule has 3 rings (SSSR count). The number of rotatable bonds is 5. The Bertz CT molecular complexity index is 872. The fourth-order valence-electron chi connectivity index (χ4n) is 2.06. The van der Waals surface area contributed by atoms with Gasteiger partial charge in [0.2, 0.25) is 0 Å². The summed E-state index contributed by atoms with van der Waals surface area (Å²) >= 11 is 1.09. The summed E-state index contributed by atoms with van der Waals surface area (Å²) < 4.78 is 1.84. The molecule has 112 valence electrons. The highest BCUT2D eigenvalue weighted by molar-refractivity contribution is 7.99. The van der Waals surface area contributed by atoms with Gasteiger partial charge >= 0.3 is 5.97 Å². The van der Waals surface area contributed by atoms with Crippen molar-refractivity contribution >= 4 is 28.9 Å². The minimum absolute atomic E-state index is 0.0841. The number of thioether (sulfide) groups is 1. The van der Waals surface area contributed by atoms with Crippen LogP contribution in [-0.2, 0) is 11.3 Å². The number of hydrogen-bond acceptors (Lipinski definition) is 5. The van der Waals surface area contributed by atoms with Gasteiger partial charge in [0.15, 0.2) is 16.3 Å². The molecule has 2 heterocycles. The van der Waals surface area contributed by atoms with Gasteiger partial charge in [-0.1, -0.05) is 42.1 Å². The first-order valence-electron chi connectivity index (χ1n) is 6.52. The maximum Gasteiger partial charge on any atom is 0.313 e. The number of carboxylic acid groups (broad SMARTS) is 1. The Morgan fingerprint density at radius 2 is 2.14 bits per heavy atom. The molecule has 0 fully saturated rings. The van der Waals surface area contributed by atoms with Crippen LogP contribution in [0, 0.1) is 5.41 Å². The van der Waals surface area contributed by atoms with E-state index in [9.17, 15) is 4.79 Å². The topological polar surface area (TPSA) is 108 Å². The number of carbonyl (C=O) groups is 1. The third-order valence-electron chi connectivity index (χ3n) is 3.03. The third kappa shape index (κ3) is 3.01. The second-order valence-corrected chi connectivity index (χ2v) is 5.59. The molecule has 22 heavy (non-hydrogen) atoms. The maximum atomic E-state index is 10.6. The molecule has 2 aromatic heterocycles. The van der Waals surface area contributed by atoms with Crippen LogP contribution in [0.15, 0.2) is 41.8 Å². The maximum absolute atomic E-state index is 10.6. The van der Waals surface area contributed by atoms with Gasteiger partial charge in [0.1, 0.15) is 5.52 Å². The molecule has 0 unspecified atom stereocenters. The van der Waals surface area contributed by atoms with Crippen molar-refractivity contribution in [2.24, 2.45) is 0 Å². The molecular formula is C14H13N5O2S. The Balaban J connectivity index is 1.98. The molecule has 0 aliphatic carbocycles. The highest BCUT2D eigenvalue weighted by atomic mass is 32.2. The minimum Gasteiger partial charge on any atom is -0.481 e. The molecule has 0 atom stereocenters. The summed E-state index contributed by atoms with van der Waals surface area (Å²) in [5.41, 5.74) is 2.29. The van der Waals surface area contributed by atoms with Gasteiger partial charge in [-0.05, 0) is 5.56 Å².